The van der Waals surface area contributed by atoms with Crippen LogP contribution in [0.15, 0.2) is 53.4 Å². The van der Waals surface area contributed by atoms with Crippen molar-refractivity contribution >= 4 is 33.2 Å². The highest BCUT2D eigenvalue weighted by Gasteiger charge is 2.28. The Balaban J connectivity index is 2.49. The molecule has 2 aromatic carbocycles. The summed E-state index contributed by atoms with van der Waals surface area (Å²) in [6, 6.07) is 13.0. The number of rotatable bonds is 7. The highest BCUT2D eigenvalue weighted by atomic mass is 35.5. The van der Waals surface area contributed by atoms with E-state index in [1.165, 1.54) is 12.1 Å². The van der Waals surface area contributed by atoms with Crippen molar-refractivity contribution in [3.8, 4) is 0 Å². The van der Waals surface area contributed by atoms with E-state index in [4.69, 9.17) is 11.6 Å². The number of halogens is 1. The Labute approximate surface area is 160 Å². The van der Waals surface area contributed by atoms with Crippen LogP contribution < -0.4 is 9.62 Å². The van der Waals surface area contributed by atoms with Crippen molar-refractivity contribution in [3.05, 3.63) is 59.1 Å². The summed E-state index contributed by atoms with van der Waals surface area (Å²) < 4.78 is 27.5. The monoisotopic (exact) mass is 394 g/mol. The van der Waals surface area contributed by atoms with E-state index in [0.717, 1.165) is 10.7 Å². The minimum atomic E-state index is -3.92. The summed E-state index contributed by atoms with van der Waals surface area (Å²) in [5, 5.41) is 3.25. The SMILES string of the molecule is CC[C@@H](C)NC(=O)CN(c1cccc(Cl)c1C)S(=O)(=O)c1ccccc1. The maximum Gasteiger partial charge on any atom is 0.264 e. The lowest BCUT2D eigenvalue weighted by Gasteiger charge is -2.26. The number of carbonyl (C=O) groups is 1. The molecule has 0 bridgehead atoms. The van der Waals surface area contributed by atoms with Crippen molar-refractivity contribution < 1.29 is 13.2 Å². The normalized spacial score (nSPS) is 12.5. The van der Waals surface area contributed by atoms with Crippen LogP contribution in [0.5, 0.6) is 0 Å². The van der Waals surface area contributed by atoms with Gasteiger partial charge in [-0.3, -0.25) is 9.10 Å². The molecule has 2 rings (SSSR count). The molecule has 26 heavy (non-hydrogen) atoms. The molecule has 0 aliphatic carbocycles. The maximum absolute atomic E-state index is 13.2. The van der Waals surface area contributed by atoms with Crippen molar-refractivity contribution in [3.63, 3.8) is 0 Å². The van der Waals surface area contributed by atoms with Crippen molar-refractivity contribution in [1.82, 2.24) is 5.32 Å². The van der Waals surface area contributed by atoms with Gasteiger partial charge in [0.25, 0.3) is 10.0 Å². The summed E-state index contributed by atoms with van der Waals surface area (Å²) in [5.41, 5.74) is 0.991. The molecule has 5 nitrogen and oxygen atoms in total. The number of benzene rings is 2. The number of amides is 1. The second-order valence-corrected chi connectivity index (χ2v) is 8.36. The van der Waals surface area contributed by atoms with E-state index in [9.17, 15) is 13.2 Å². The zero-order chi connectivity index (χ0) is 19.3. The average Bonchev–Trinajstić information content (AvgIpc) is 2.63. The molecule has 0 saturated heterocycles. The standard InChI is InChI=1S/C19H23ClN2O3S/c1-4-14(2)21-19(23)13-22(18-12-8-11-17(20)15(18)3)26(24,25)16-9-6-5-7-10-16/h5-12,14H,4,13H2,1-3H3,(H,21,23)/t14-/m1/s1. The van der Waals surface area contributed by atoms with Crippen LogP contribution in [0.3, 0.4) is 0 Å². The van der Waals surface area contributed by atoms with Crippen LogP contribution in [0.4, 0.5) is 5.69 Å². The molecule has 1 amide bonds. The van der Waals surface area contributed by atoms with Gasteiger partial charge >= 0.3 is 0 Å². The van der Waals surface area contributed by atoms with Crippen molar-refractivity contribution in [2.75, 3.05) is 10.8 Å². The first kappa shape index (κ1) is 20.3. The molecule has 0 aliphatic rings. The van der Waals surface area contributed by atoms with Crippen LogP contribution in [0.25, 0.3) is 0 Å². The van der Waals surface area contributed by atoms with Gasteiger partial charge in [0, 0.05) is 11.1 Å². The van der Waals surface area contributed by atoms with Gasteiger partial charge in [-0.1, -0.05) is 42.8 Å². The van der Waals surface area contributed by atoms with Gasteiger partial charge in [0.1, 0.15) is 6.54 Å². The minimum absolute atomic E-state index is 0.0377. The lowest BCUT2D eigenvalue weighted by molar-refractivity contribution is -0.120. The molecule has 0 unspecified atom stereocenters. The fraction of sp³-hybridized carbons (Fsp3) is 0.316. The largest absolute Gasteiger partial charge is 0.352 e. The van der Waals surface area contributed by atoms with Gasteiger partial charge in [0.15, 0.2) is 0 Å². The molecule has 2 aromatic rings. The Morgan fingerprint density at radius 3 is 2.42 bits per heavy atom. The molecular weight excluding hydrogens is 372 g/mol. The van der Waals surface area contributed by atoms with Crippen LogP contribution in [0.2, 0.25) is 5.02 Å². The van der Waals surface area contributed by atoms with E-state index < -0.39 is 10.0 Å². The lowest BCUT2D eigenvalue weighted by Crippen LogP contribution is -2.43. The molecule has 0 aliphatic heterocycles. The summed E-state index contributed by atoms with van der Waals surface area (Å²) in [6.07, 6.45) is 0.757. The Morgan fingerprint density at radius 1 is 1.15 bits per heavy atom. The van der Waals surface area contributed by atoms with E-state index in [1.807, 2.05) is 13.8 Å². The van der Waals surface area contributed by atoms with E-state index in [1.54, 1.807) is 43.3 Å². The second-order valence-electron chi connectivity index (χ2n) is 6.09. The van der Waals surface area contributed by atoms with E-state index in [0.29, 0.717) is 16.3 Å². The molecule has 0 radical (unpaired) electrons. The fourth-order valence-electron chi connectivity index (χ4n) is 2.44. The molecule has 0 heterocycles. The predicted molar refractivity (Wildman–Crippen MR) is 105 cm³/mol. The van der Waals surface area contributed by atoms with Crippen LogP contribution in [0, 0.1) is 6.92 Å². The summed E-state index contributed by atoms with van der Waals surface area (Å²) in [5.74, 6) is -0.363. The Kier molecular flexibility index (Phi) is 6.67. The van der Waals surface area contributed by atoms with Crippen LogP contribution in [0.1, 0.15) is 25.8 Å². The zero-order valence-electron chi connectivity index (χ0n) is 15.1. The third-order valence-corrected chi connectivity index (χ3v) is 6.33. The van der Waals surface area contributed by atoms with E-state index in [2.05, 4.69) is 5.32 Å². The predicted octanol–water partition coefficient (Wildman–Crippen LogP) is 3.76. The minimum Gasteiger partial charge on any atom is -0.352 e. The highest BCUT2D eigenvalue weighted by molar-refractivity contribution is 7.92. The molecule has 0 spiro atoms. The van der Waals surface area contributed by atoms with Gasteiger partial charge < -0.3 is 5.32 Å². The topological polar surface area (TPSA) is 66.5 Å². The number of nitrogens with one attached hydrogen (secondary N) is 1. The van der Waals surface area contributed by atoms with Gasteiger partial charge in [-0.2, -0.15) is 0 Å². The number of carbonyl (C=O) groups excluding carboxylic acids is 1. The van der Waals surface area contributed by atoms with E-state index >= 15 is 0 Å². The zero-order valence-corrected chi connectivity index (χ0v) is 16.6. The third-order valence-electron chi connectivity index (χ3n) is 4.15. The highest BCUT2D eigenvalue weighted by Crippen LogP contribution is 2.30. The molecule has 140 valence electrons. The number of hydrogen-bond acceptors (Lipinski definition) is 3. The van der Waals surface area contributed by atoms with Crippen molar-refractivity contribution in [2.24, 2.45) is 0 Å². The smallest absolute Gasteiger partial charge is 0.264 e. The summed E-state index contributed by atoms with van der Waals surface area (Å²) >= 11 is 6.18. The van der Waals surface area contributed by atoms with Gasteiger partial charge in [0.2, 0.25) is 5.91 Å². The number of sulfonamides is 1. The Morgan fingerprint density at radius 2 is 1.81 bits per heavy atom. The number of hydrogen-bond donors (Lipinski definition) is 1. The van der Waals surface area contributed by atoms with Crippen LogP contribution in [-0.4, -0.2) is 26.9 Å². The quantitative estimate of drug-likeness (QED) is 0.777. The first-order valence-corrected chi connectivity index (χ1v) is 10.2. The van der Waals surface area contributed by atoms with Crippen LogP contribution in [-0.2, 0) is 14.8 Å². The first-order chi connectivity index (χ1) is 12.3. The molecule has 0 saturated carbocycles. The molecule has 1 atom stereocenters. The first-order valence-electron chi connectivity index (χ1n) is 8.39. The molecule has 0 aromatic heterocycles. The summed E-state index contributed by atoms with van der Waals surface area (Å²) in [6.45, 7) is 5.24. The van der Waals surface area contributed by atoms with Gasteiger partial charge in [-0.25, -0.2) is 8.42 Å². The van der Waals surface area contributed by atoms with Crippen molar-refractivity contribution in [1.29, 1.82) is 0 Å². The molecule has 1 N–H and O–H groups in total. The molecule has 7 heteroatoms. The van der Waals surface area contributed by atoms with Gasteiger partial charge in [-0.05, 0) is 50.1 Å². The number of nitrogens with zero attached hydrogens (tertiary/aromatic N) is 1. The third kappa shape index (κ3) is 4.56. The van der Waals surface area contributed by atoms with E-state index in [-0.39, 0.29) is 23.4 Å². The fourth-order valence-corrected chi connectivity index (χ4v) is 4.11. The van der Waals surface area contributed by atoms with Crippen LogP contribution >= 0.6 is 11.6 Å². The van der Waals surface area contributed by atoms with Crippen molar-refractivity contribution in [2.45, 2.75) is 38.1 Å². The van der Waals surface area contributed by atoms with Gasteiger partial charge in [0.05, 0.1) is 10.6 Å². The maximum atomic E-state index is 13.2. The summed E-state index contributed by atoms with van der Waals surface area (Å²) in [4.78, 5) is 12.5. The number of anilines is 1. The Hall–Kier alpha value is -2.05. The molecule has 0 fully saturated rings. The summed E-state index contributed by atoms with van der Waals surface area (Å²) in [7, 11) is -3.92. The second kappa shape index (κ2) is 8.56. The Bertz CT molecular complexity index is 870. The molecular formula is C19H23ClN2O3S. The average molecular weight is 395 g/mol. The lowest BCUT2D eigenvalue weighted by atomic mass is 10.2. The van der Waals surface area contributed by atoms with Gasteiger partial charge in [-0.15, -0.1) is 0 Å².